The first-order valence-electron chi connectivity index (χ1n) is 8.89. The third-order valence-corrected chi connectivity index (χ3v) is 5.85. The molecule has 2 rings (SSSR count). The number of aryl methyl sites for hydroxylation is 1. The molecule has 1 aromatic rings. The second-order valence-corrected chi connectivity index (χ2v) is 8.58. The molecule has 7 nitrogen and oxygen atoms in total. The van der Waals surface area contributed by atoms with Crippen LogP contribution in [-0.4, -0.2) is 50.5 Å². The first-order chi connectivity index (χ1) is 12.3. The Balaban J connectivity index is 1.81. The topological polar surface area (TPSA) is 95.6 Å². The van der Waals surface area contributed by atoms with Gasteiger partial charge < -0.3 is 10.2 Å². The van der Waals surface area contributed by atoms with Crippen LogP contribution >= 0.6 is 0 Å². The van der Waals surface area contributed by atoms with Crippen LogP contribution in [0.3, 0.4) is 0 Å². The Bertz CT molecular complexity index is 725. The lowest BCUT2D eigenvalue weighted by Gasteiger charge is -2.27. The molecule has 0 saturated carbocycles. The second kappa shape index (κ2) is 9.02. The molecule has 0 aromatic heterocycles. The molecule has 0 bridgehead atoms. The number of carbonyl (C=O) groups is 2. The Labute approximate surface area is 155 Å². The van der Waals surface area contributed by atoms with E-state index in [9.17, 15) is 18.0 Å². The third-order valence-electron chi connectivity index (χ3n) is 4.36. The number of hydrogen-bond donors (Lipinski definition) is 2. The van der Waals surface area contributed by atoms with Crippen LogP contribution in [0.1, 0.15) is 31.7 Å². The van der Waals surface area contributed by atoms with Crippen molar-refractivity contribution in [2.24, 2.45) is 5.92 Å². The summed E-state index contributed by atoms with van der Waals surface area (Å²) in [6.07, 6.45) is 3.09. The molecule has 1 fully saturated rings. The molecule has 1 aliphatic heterocycles. The molecular weight excluding hydrogens is 354 g/mol. The van der Waals surface area contributed by atoms with Gasteiger partial charge in [0.2, 0.25) is 21.8 Å². The molecule has 144 valence electrons. The summed E-state index contributed by atoms with van der Waals surface area (Å²) in [5.41, 5.74) is 1.49. The average Bonchev–Trinajstić information content (AvgIpc) is 2.61. The molecule has 8 heteroatoms. The maximum Gasteiger partial charge on any atom is 0.241 e. The Morgan fingerprint density at radius 2 is 1.73 bits per heavy atom. The summed E-state index contributed by atoms with van der Waals surface area (Å²) in [7, 11) is -3.66. The highest BCUT2D eigenvalue weighted by atomic mass is 32.2. The van der Waals surface area contributed by atoms with Crippen molar-refractivity contribution in [3.05, 3.63) is 29.8 Å². The number of benzene rings is 1. The number of sulfonamides is 1. The Morgan fingerprint density at radius 3 is 2.35 bits per heavy atom. The molecule has 1 aromatic carbocycles. The lowest BCUT2D eigenvalue weighted by Crippen LogP contribution is -2.44. The minimum Gasteiger partial charge on any atom is -0.347 e. The molecule has 1 heterocycles. The van der Waals surface area contributed by atoms with Gasteiger partial charge in [-0.25, -0.2) is 8.42 Å². The zero-order valence-corrected chi connectivity index (χ0v) is 16.1. The molecule has 1 atom stereocenters. The normalized spacial score (nSPS) is 16.0. The summed E-state index contributed by atoms with van der Waals surface area (Å²) < 4.78 is 26.9. The molecule has 1 saturated heterocycles. The highest BCUT2D eigenvalue weighted by molar-refractivity contribution is 7.92. The maximum atomic E-state index is 12.2. The van der Waals surface area contributed by atoms with E-state index in [0.29, 0.717) is 5.69 Å². The van der Waals surface area contributed by atoms with Gasteiger partial charge in [0.25, 0.3) is 0 Å². The van der Waals surface area contributed by atoms with Gasteiger partial charge in [-0.1, -0.05) is 24.6 Å². The summed E-state index contributed by atoms with van der Waals surface area (Å²) in [5.74, 6) is -1.66. The monoisotopic (exact) mass is 381 g/mol. The van der Waals surface area contributed by atoms with Crippen molar-refractivity contribution in [3.8, 4) is 0 Å². The van der Waals surface area contributed by atoms with Gasteiger partial charge in [0, 0.05) is 18.8 Å². The van der Waals surface area contributed by atoms with Crippen LogP contribution in [0.15, 0.2) is 24.3 Å². The van der Waals surface area contributed by atoms with Gasteiger partial charge in [-0.05, 0) is 38.3 Å². The van der Waals surface area contributed by atoms with Crippen molar-refractivity contribution in [3.63, 3.8) is 0 Å². The van der Waals surface area contributed by atoms with E-state index in [2.05, 4.69) is 10.0 Å². The van der Waals surface area contributed by atoms with Gasteiger partial charge in [0.1, 0.15) is 0 Å². The van der Waals surface area contributed by atoms with E-state index in [-0.39, 0.29) is 18.2 Å². The zero-order valence-electron chi connectivity index (χ0n) is 15.3. The summed E-state index contributed by atoms with van der Waals surface area (Å²) in [6, 6.07) is 6.96. The van der Waals surface area contributed by atoms with Crippen LogP contribution < -0.4 is 10.0 Å². The number of nitrogens with one attached hydrogen (secondary N) is 2. The Morgan fingerprint density at radius 1 is 1.12 bits per heavy atom. The van der Waals surface area contributed by atoms with Crippen molar-refractivity contribution < 1.29 is 18.0 Å². The van der Waals surface area contributed by atoms with E-state index in [1.165, 1.54) is 6.92 Å². The van der Waals surface area contributed by atoms with E-state index in [0.717, 1.165) is 37.9 Å². The first kappa shape index (κ1) is 20.2. The summed E-state index contributed by atoms with van der Waals surface area (Å²) >= 11 is 0. The van der Waals surface area contributed by atoms with Crippen LogP contribution in [0.5, 0.6) is 0 Å². The van der Waals surface area contributed by atoms with E-state index in [4.69, 9.17) is 0 Å². The molecular formula is C18H27N3O4S. The third kappa shape index (κ3) is 6.33. The lowest BCUT2D eigenvalue weighted by molar-refractivity contribution is -0.134. The van der Waals surface area contributed by atoms with Gasteiger partial charge in [0.05, 0.1) is 18.2 Å². The molecule has 0 aliphatic carbocycles. The predicted octanol–water partition coefficient (Wildman–Crippen LogP) is 1.50. The number of piperidine rings is 1. The number of likely N-dealkylation sites (tertiary alicyclic amines) is 1. The quantitative estimate of drug-likeness (QED) is 0.748. The largest absolute Gasteiger partial charge is 0.347 e. The standard InChI is InChI=1S/C18H27N3O4S/c1-14-6-8-16(9-7-14)20-26(24,25)13-15(2)18(23)19-12-17(22)21-10-4-3-5-11-21/h6-9,15,20H,3-5,10-13H2,1-2H3,(H,19,23). The number of hydrogen-bond acceptors (Lipinski definition) is 4. The van der Waals surface area contributed by atoms with E-state index in [1.807, 2.05) is 6.92 Å². The highest BCUT2D eigenvalue weighted by Crippen LogP contribution is 2.13. The minimum absolute atomic E-state index is 0.0887. The Kier molecular flexibility index (Phi) is 7.02. The smallest absolute Gasteiger partial charge is 0.241 e. The fourth-order valence-electron chi connectivity index (χ4n) is 2.84. The Hall–Kier alpha value is -2.09. The molecule has 26 heavy (non-hydrogen) atoms. The van der Waals surface area contributed by atoms with Crippen molar-refractivity contribution in [2.45, 2.75) is 33.1 Å². The van der Waals surface area contributed by atoms with Gasteiger partial charge in [0.15, 0.2) is 0 Å². The zero-order chi connectivity index (χ0) is 19.2. The van der Waals surface area contributed by atoms with Crippen molar-refractivity contribution in [1.29, 1.82) is 0 Å². The summed E-state index contributed by atoms with van der Waals surface area (Å²) in [5, 5.41) is 2.55. The van der Waals surface area contributed by atoms with Crippen molar-refractivity contribution in [1.82, 2.24) is 10.2 Å². The SMILES string of the molecule is Cc1ccc(NS(=O)(=O)CC(C)C(=O)NCC(=O)N2CCCCC2)cc1. The van der Waals surface area contributed by atoms with Crippen molar-refractivity contribution in [2.75, 3.05) is 30.1 Å². The molecule has 1 aliphatic rings. The van der Waals surface area contributed by atoms with Crippen LogP contribution in [0, 0.1) is 12.8 Å². The number of rotatable bonds is 7. The summed E-state index contributed by atoms with van der Waals surface area (Å²) in [4.78, 5) is 25.9. The molecule has 1 unspecified atom stereocenters. The van der Waals surface area contributed by atoms with Crippen LogP contribution in [-0.2, 0) is 19.6 Å². The fraction of sp³-hybridized carbons (Fsp3) is 0.556. The van der Waals surface area contributed by atoms with Crippen LogP contribution in [0.25, 0.3) is 0 Å². The average molecular weight is 381 g/mol. The van der Waals surface area contributed by atoms with Gasteiger partial charge in [-0.2, -0.15) is 0 Å². The van der Waals surface area contributed by atoms with E-state index in [1.54, 1.807) is 29.2 Å². The maximum absolute atomic E-state index is 12.2. The van der Waals surface area contributed by atoms with E-state index >= 15 is 0 Å². The van der Waals surface area contributed by atoms with Gasteiger partial charge in [-0.3, -0.25) is 14.3 Å². The molecule has 0 radical (unpaired) electrons. The number of nitrogens with zero attached hydrogens (tertiary/aromatic N) is 1. The van der Waals surface area contributed by atoms with Gasteiger partial charge >= 0.3 is 0 Å². The van der Waals surface area contributed by atoms with Crippen LogP contribution in [0.4, 0.5) is 5.69 Å². The molecule has 2 N–H and O–H groups in total. The van der Waals surface area contributed by atoms with Gasteiger partial charge in [-0.15, -0.1) is 0 Å². The predicted molar refractivity (Wildman–Crippen MR) is 101 cm³/mol. The number of amides is 2. The van der Waals surface area contributed by atoms with Crippen LogP contribution in [0.2, 0.25) is 0 Å². The van der Waals surface area contributed by atoms with E-state index < -0.39 is 21.8 Å². The summed E-state index contributed by atoms with van der Waals surface area (Å²) in [6.45, 7) is 4.80. The molecule has 2 amide bonds. The first-order valence-corrected chi connectivity index (χ1v) is 10.5. The second-order valence-electron chi connectivity index (χ2n) is 6.81. The number of carbonyl (C=O) groups excluding carboxylic acids is 2. The number of anilines is 1. The minimum atomic E-state index is -3.66. The van der Waals surface area contributed by atoms with Crippen molar-refractivity contribution >= 4 is 27.5 Å². The lowest BCUT2D eigenvalue weighted by atomic mass is 10.1. The highest BCUT2D eigenvalue weighted by Gasteiger charge is 2.23. The molecule has 0 spiro atoms. The fourth-order valence-corrected chi connectivity index (χ4v) is 4.23.